The van der Waals surface area contributed by atoms with Crippen LogP contribution in [-0.2, 0) is 6.42 Å². The van der Waals surface area contributed by atoms with Crippen LogP contribution in [0.2, 0.25) is 0 Å². The second-order valence-electron chi connectivity index (χ2n) is 5.07. The Morgan fingerprint density at radius 3 is 2.82 bits per heavy atom. The van der Waals surface area contributed by atoms with Crippen LogP contribution in [0.3, 0.4) is 0 Å². The summed E-state index contributed by atoms with van der Waals surface area (Å²) >= 11 is 0. The van der Waals surface area contributed by atoms with Crippen molar-refractivity contribution in [1.82, 2.24) is 0 Å². The van der Waals surface area contributed by atoms with Gasteiger partial charge < -0.3 is 0 Å². The molecule has 0 fully saturated rings. The van der Waals surface area contributed by atoms with E-state index in [9.17, 15) is 0 Å². The maximum atomic E-state index is 2.48. The van der Waals surface area contributed by atoms with Crippen molar-refractivity contribution in [2.45, 2.75) is 26.3 Å². The highest BCUT2D eigenvalue weighted by atomic mass is 15.1. The van der Waals surface area contributed by atoms with Gasteiger partial charge in [0.1, 0.15) is 0 Å². The lowest BCUT2D eigenvalue weighted by atomic mass is 9.86. The van der Waals surface area contributed by atoms with Crippen LogP contribution in [-0.4, -0.2) is 16.3 Å². The highest BCUT2D eigenvalue weighted by molar-refractivity contribution is 5.97. The van der Waals surface area contributed by atoms with Crippen molar-refractivity contribution < 1.29 is 4.58 Å². The molecule has 86 valence electrons. The molecule has 3 rings (SSSR count). The standard InChI is InChI=1S/C16H18N/c1-12(2)17-15-9-5-3-7-13(15)11-14-8-4-6-10-16(14)17/h3-10,12-13H,11H2,1-2H3/q+1. The van der Waals surface area contributed by atoms with Crippen molar-refractivity contribution in [3.05, 3.63) is 54.1 Å². The number of fused-ring (bicyclic) bond motifs is 2. The summed E-state index contributed by atoms with van der Waals surface area (Å²) in [6, 6.07) is 9.28. The molecule has 1 aromatic carbocycles. The number of allylic oxidation sites excluding steroid dienone is 4. The molecular formula is C16H18N+. The molecular weight excluding hydrogens is 206 g/mol. The number of nitrogens with zero attached hydrogens (tertiary/aromatic N) is 1. The first kappa shape index (κ1) is 10.5. The van der Waals surface area contributed by atoms with Gasteiger partial charge in [-0.2, -0.15) is 4.58 Å². The Kier molecular flexibility index (Phi) is 2.47. The monoisotopic (exact) mass is 224 g/mol. The maximum absolute atomic E-state index is 2.48. The van der Waals surface area contributed by atoms with Gasteiger partial charge in [-0.25, -0.2) is 0 Å². The van der Waals surface area contributed by atoms with Crippen LogP contribution in [0.25, 0.3) is 0 Å². The minimum absolute atomic E-state index is 0.505. The summed E-state index contributed by atoms with van der Waals surface area (Å²) < 4.78 is 2.48. The van der Waals surface area contributed by atoms with Gasteiger partial charge in [-0.05, 0) is 20.3 Å². The molecule has 0 bridgehead atoms. The lowest BCUT2D eigenvalue weighted by Crippen LogP contribution is -2.33. The van der Waals surface area contributed by atoms with Crippen LogP contribution in [0.1, 0.15) is 19.4 Å². The van der Waals surface area contributed by atoms with E-state index in [4.69, 9.17) is 0 Å². The highest BCUT2D eigenvalue weighted by Gasteiger charge is 2.33. The van der Waals surface area contributed by atoms with E-state index < -0.39 is 0 Å². The summed E-state index contributed by atoms with van der Waals surface area (Å²) in [6.07, 6.45) is 10.0. The smallest absolute Gasteiger partial charge is 0.193 e. The number of hydrogen-bond acceptors (Lipinski definition) is 0. The Labute approximate surface area is 103 Å². The van der Waals surface area contributed by atoms with E-state index in [0.29, 0.717) is 12.0 Å². The molecule has 17 heavy (non-hydrogen) atoms. The fraction of sp³-hybridized carbons (Fsp3) is 0.312. The van der Waals surface area contributed by atoms with Gasteiger partial charge in [-0.3, -0.25) is 0 Å². The summed E-state index contributed by atoms with van der Waals surface area (Å²) in [5.74, 6) is 0.553. The normalized spacial score (nSPS) is 21.7. The van der Waals surface area contributed by atoms with Crippen molar-refractivity contribution in [2.24, 2.45) is 5.92 Å². The van der Waals surface area contributed by atoms with E-state index in [0.717, 1.165) is 6.42 Å². The van der Waals surface area contributed by atoms with Crippen LogP contribution in [0.4, 0.5) is 5.69 Å². The molecule has 1 atom stereocenters. The molecule has 1 heteroatoms. The van der Waals surface area contributed by atoms with Gasteiger partial charge in [0, 0.05) is 17.7 Å². The molecule has 1 unspecified atom stereocenters. The van der Waals surface area contributed by atoms with E-state index in [2.05, 4.69) is 67.0 Å². The van der Waals surface area contributed by atoms with E-state index in [1.54, 1.807) is 0 Å². The molecule has 1 heterocycles. The van der Waals surface area contributed by atoms with E-state index >= 15 is 0 Å². The highest BCUT2D eigenvalue weighted by Crippen LogP contribution is 2.31. The Hall–Kier alpha value is -1.63. The summed E-state index contributed by atoms with van der Waals surface area (Å²) in [5.41, 5.74) is 4.30. The molecule has 2 aliphatic rings. The predicted octanol–water partition coefficient (Wildman–Crippen LogP) is 3.48. The van der Waals surface area contributed by atoms with E-state index in [1.807, 2.05) is 0 Å². The first-order chi connectivity index (χ1) is 8.27. The lowest BCUT2D eigenvalue weighted by molar-refractivity contribution is -0.479. The lowest BCUT2D eigenvalue weighted by Gasteiger charge is -2.24. The second-order valence-corrected chi connectivity index (χ2v) is 5.07. The summed E-state index contributed by atoms with van der Waals surface area (Å²) in [4.78, 5) is 0. The first-order valence-corrected chi connectivity index (χ1v) is 6.36. The largest absolute Gasteiger partial charge is 0.208 e. The zero-order valence-electron chi connectivity index (χ0n) is 10.4. The zero-order valence-corrected chi connectivity index (χ0v) is 10.4. The van der Waals surface area contributed by atoms with Gasteiger partial charge in [-0.15, -0.1) is 0 Å². The Balaban J connectivity index is 2.24. The Morgan fingerprint density at radius 2 is 2.00 bits per heavy atom. The molecule has 0 radical (unpaired) electrons. The quantitative estimate of drug-likeness (QED) is 0.642. The second kappa shape index (κ2) is 3.99. The Bertz CT molecular complexity index is 532. The van der Waals surface area contributed by atoms with Crippen molar-refractivity contribution in [3.63, 3.8) is 0 Å². The molecule has 1 nitrogen and oxygen atoms in total. The summed E-state index contributed by atoms with van der Waals surface area (Å²) in [7, 11) is 0. The molecule has 0 amide bonds. The van der Waals surface area contributed by atoms with Gasteiger partial charge >= 0.3 is 0 Å². The van der Waals surface area contributed by atoms with E-state index in [-0.39, 0.29) is 0 Å². The van der Waals surface area contributed by atoms with Gasteiger partial charge in [0.2, 0.25) is 5.69 Å². The van der Waals surface area contributed by atoms with Crippen molar-refractivity contribution in [2.75, 3.05) is 0 Å². The molecule has 0 saturated heterocycles. The third kappa shape index (κ3) is 1.66. The van der Waals surface area contributed by atoms with Gasteiger partial charge in [0.05, 0.1) is 5.92 Å². The third-order valence-electron chi connectivity index (χ3n) is 3.59. The minimum Gasteiger partial charge on any atom is -0.193 e. The SMILES string of the molecule is CC(C)[N+]1=C2C=CC=CC2Cc2ccccc21. The first-order valence-electron chi connectivity index (χ1n) is 6.36. The topological polar surface area (TPSA) is 3.01 Å². The van der Waals surface area contributed by atoms with Crippen LogP contribution in [0, 0.1) is 5.92 Å². The molecule has 0 saturated carbocycles. The van der Waals surface area contributed by atoms with Crippen molar-refractivity contribution in [3.8, 4) is 0 Å². The van der Waals surface area contributed by atoms with Gasteiger partial charge in [0.15, 0.2) is 11.8 Å². The number of para-hydroxylation sites is 1. The average molecular weight is 224 g/mol. The number of benzene rings is 1. The van der Waals surface area contributed by atoms with Crippen LogP contribution in [0.5, 0.6) is 0 Å². The molecule has 1 aromatic rings. The zero-order chi connectivity index (χ0) is 11.8. The van der Waals surface area contributed by atoms with Gasteiger partial charge in [-0.1, -0.05) is 36.4 Å². The van der Waals surface area contributed by atoms with Crippen molar-refractivity contribution >= 4 is 11.4 Å². The van der Waals surface area contributed by atoms with E-state index in [1.165, 1.54) is 17.0 Å². The predicted molar refractivity (Wildman–Crippen MR) is 72.0 cm³/mol. The molecule has 1 aliphatic heterocycles. The molecule has 0 spiro atoms. The van der Waals surface area contributed by atoms with Crippen molar-refractivity contribution in [1.29, 1.82) is 0 Å². The number of hydrogen-bond donors (Lipinski definition) is 0. The Morgan fingerprint density at radius 1 is 1.18 bits per heavy atom. The van der Waals surface area contributed by atoms with Crippen LogP contribution >= 0.6 is 0 Å². The van der Waals surface area contributed by atoms with Crippen LogP contribution in [0.15, 0.2) is 48.6 Å². The fourth-order valence-corrected chi connectivity index (χ4v) is 2.88. The number of rotatable bonds is 1. The molecule has 0 aromatic heterocycles. The molecule has 1 aliphatic carbocycles. The van der Waals surface area contributed by atoms with Gasteiger partial charge in [0.25, 0.3) is 0 Å². The summed E-state index contributed by atoms with van der Waals surface area (Å²) in [5, 5.41) is 0. The third-order valence-corrected chi connectivity index (χ3v) is 3.59. The molecule has 0 N–H and O–H groups in total. The summed E-state index contributed by atoms with van der Waals surface area (Å²) in [6.45, 7) is 4.52. The minimum atomic E-state index is 0.505. The van der Waals surface area contributed by atoms with Crippen LogP contribution < -0.4 is 0 Å². The fourth-order valence-electron chi connectivity index (χ4n) is 2.88. The average Bonchev–Trinajstić information content (AvgIpc) is 2.35. The maximum Gasteiger partial charge on any atom is 0.208 e.